The lowest BCUT2D eigenvalue weighted by molar-refractivity contribution is -0.384. The molecule has 9 nitrogen and oxygen atoms in total. The Morgan fingerprint density at radius 3 is 2.54 bits per heavy atom. The molecule has 2 N–H and O–H groups in total. The highest BCUT2D eigenvalue weighted by Crippen LogP contribution is 2.37. The Bertz CT molecular complexity index is 1850. The molecule has 0 radical (unpaired) electrons. The van der Waals surface area contributed by atoms with Gasteiger partial charge in [0.2, 0.25) is 0 Å². The van der Waals surface area contributed by atoms with Gasteiger partial charge in [0, 0.05) is 49.2 Å². The fourth-order valence-corrected chi connectivity index (χ4v) is 4.89. The maximum Gasteiger partial charge on any atom is 0.343 e. The summed E-state index contributed by atoms with van der Waals surface area (Å²) < 4.78 is 6.21. The minimum atomic E-state index is -0.710. The minimum absolute atomic E-state index is 0.135. The molecule has 0 aliphatic rings. The standard InChI is InChI=1S/C30H20BrClN4O5/c1-17-5-4-7-23-26(22-6-2-3-8-24(22)32)28(34-27(17)23)29(37)35-33-16-19-15-20(31)11-14-25(19)41-30(38)18-9-12-21(13-10-18)36(39)40/h2-16,34H,1H3,(H,35,37). The van der Waals surface area contributed by atoms with Gasteiger partial charge in [0.15, 0.2) is 0 Å². The van der Waals surface area contributed by atoms with Gasteiger partial charge in [-0.1, -0.05) is 63.9 Å². The van der Waals surface area contributed by atoms with Crippen LogP contribution in [-0.2, 0) is 0 Å². The molecule has 11 heteroatoms. The smallest absolute Gasteiger partial charge is 0.343 e. The highest BCUT2D eigenvalue weighted by atomic mass is 79.9. The first-order chi connectivity index (χ1) is 19.7. The van der Waals surface area contributed by atoms with Gasteiger partial charge in [-0.25, -0.2) is 10.2 Å². The summed E-state index contributed by atoms with van der Waals surface area (Å²) in [5.74, 6) is -1.03. The molecule has 5 aromatic rings. The fourth-order valence-electron chi connectivity index (χ4n) is 4.29. The number of para-hydroxylation sites is 1. The Hall–Kier alpha value is -4.80. The van der Waals surface area contributed by atoms with E-state index in [2.05, 4.69) is 31.4 Å². The number of carbonyl (C=O) groups is 2. The first-order valence-electron chi connectivity index (χ1n) is 12.2. The Labute approximate surface area is 247 Å². The van der Waals surface area contributed by atoms with Crippen molar-refractivity contribution in [1.82, 2.24) is 10.4 Å². The number of ether oxygens (including phenoxy) is 1. The lowest BCUT2D eigenvalue weighted by Gasteiger charge is -2.08. The van der Waals surface area contributed by atoms with E-state index in [4.69, 9.17) is 16.3 Å². The summed E-state index contributed by atoms with van der Waals surface area (Å²) in [6.45, 7) is 1.95. The average Bonchev–Trinajstić information content (AvgIpc) is 3.35. The lowest BCUT2D eigenvalue weighted by atomic mass is 10.0. The maximum atomic E-state index is 13.4. The number of carbonyl (C=O) groups excluding carboxylic acids is 2. The molecule has 0 saturated carbocycles. The number of nitro benzene ring substituents is 1. The summed E-state index contributed by atoms with van der Waals surface area (Å²) in [4.78, 5) is 39.6. The van der Waals surface area contributed by atoms with Gasteiger partial charge in [-0.3, -0.25) is 14.9 Å². The fraction of sp³-hybridized carbons (Fsp3) is 0.0333. The highest BCUT2D eigenvalue weighted by molar-refractivity contribution is 9.10. The zero-order chi connectivity index (χ0) is 29.1. The van der Waals surface area contributed by atoms with E-state index in [-0.39, 0.29) is 17.0 Å². The predicted molar refractivity (Wildman–Crippen MR) is 161 cm³/mol. The van der Waals surface area contributed by atoms with E-state index in [0.717, 1.165) is 16.5 Å². The van der Waals surface area contributed by atoms with Crippen molar-refractivity contribution in [3.63, 3.8) is 0 Å². The summed E-state index contributed by atoms with van der Waals surface area (Å²) >= 11 is 9.89. The quantitative estimate of drug-likeness (QED) is 0.0634. The van der Waals surface area contributed by atoms with Gasteiger partial charge in [-0.05, 0) is 48.9 Å². The SMILES string of the molecule is Cc1cccc2c(-c3ccccc3Cl)c(C(=O)NN=Cc3cc(Br)ccc3OC(=O)c3ccc([N+](=O)[O-])cc3)[nH]c12. The number of halogens is 2. The molecule has 0 fully saturated rings. The van der Waals surface area contributed by atoms with Crippen LogP contribution in [0.3, 0.4) is 0 Å². The molecule has 0 spiro atoms. The highest BCUT2D eigenvalue weighted by Gasteiger charge is 2.21. The van der Waals surface area contributed by atoms with Gasteiger partial charge in [-0.2, -0.15) is 5.10 Å². The number of hydrogen-bond acceptors (Lipinski definition) is 6. The first kappa shape index (κ1) is 27.8. The third-order valence-electron chi connectivity index (χ3n) is 6.27. The van der Waals surface area contributed by atoms with Crippen LogP contribution in [0.5, 0.6) is 5.75 Å². The van der Waals surface area contributed by atoms with Crippen molar-refractivity contribution < 1.29 is 19.2 Å². The molecule has 0 unspecified atom stereocenters. The van der Waals surface area contributed by atoms with Crippen molar-refractivity contribution >= 4 is 62.2 Å². The van der Waals surface area contributed by atoms with E-state index >= 15 is 0 Å². The number of hydrogen-bond donors (Lipinski definition) is 2. The number of H-pyrrole nitrogens is 1. The lowest BCUT2D eigenvalue weighted by Crippen LogP contribution is -2.19. The number of hydrazone groups is 1. The van der Waals surface area contributed by atoms with Gasteiger partial charge < -0.3 is 9.72 Å². The van der Waals surface area contributed by atoms with Crippen LogP contribution in [0.1, 0.15) is 32.0 Å². The van der Waals surface area contributed by atoms with Gasteiger partial charge in [0.1, 0.15) is 11.4 Å². The molecular weight excluding hydrogens is 612 g/mol. The molecule has 0 aliphatic heterocycles. The zero-order valence-electron chi connectivity index (χ0n) is 21.4. The van der Waals surface area contributed by atoms with Gasteiger partial charge in [-0.15, -0.1) is 0 Å². The van der Waals surface area contributed by atoms with Gasteiger partial charge in [0.05, 0.1) is 16.7 Å². The van der Waals surface area contributed by atoms with Crippen LogP contribution in [-0.4, -0.2) is 28.0 Å². The van der Waals surface area contributed by atoms with Crippen molar-refractivity contribution in [3.8, 4) is 16.9 Å². The Morgan fingerprint density at radius 1 is 1.05 bits per heavy atom. The second-order valence-corrected chi connectivity index (χ2v) is 10.2. The number of nitrogens with zero attached hydrogens (tertiary/aromatic N) is 2. The van der Waals surface area contributed by atoms with Crippen molar-refractivity contribution in [1.29, 1.82) is 0 Å². The minimum Gasteiger partial charge on any atom is -0.422 e. The normalized spacial score (nSPS) is 11.1. The maximum absolute atomic E-state index is 13.4. The van der Waals surface area contributed by atoms with Crippen LogP contribution in [0.25, 0.3) is 22.0 Å². The van der Waals surface area contributed by atoms with Crippen molar-refractivity contribution in [3.05, 3.63) is 127 Å². The predicted octanol–water partition coefficient (Wildman–Crippen LogP) is 7.45. The number of nitro groups is 1. The molecule has 1 amide bonds. The summed E-state index contributed by atoms with van der Waals surface area (Å²) in [5, 5.41) is 16.4. The number of aryl methyl sites for hydroxylation is 1. The number of esters is 1. The Kier molecular flexibility index (Phi) is 7.95. The van der Waals surface area contributed by atoms with Crippen molar-refractivity contribution in [2.45, 2.75) is 6.92 Å². The third-order valence-corrected chi connectivity index (χ3v) is 7.09. The molecule has 0 saturated heterocycles. The van der Waals surface area contributed by atoms with E-state index in [9.17, 15) is 19.7 Å². The zero-order valence-corrected chi connectivity index (χ0v) is 23.7. The number of rotatable bonds is 7. The Morgan fingerprint density at radius 2 is 1.80 bits per heavy atom. The van der Waals surface area contributed by atoms with E-state index in [1.54, 1.807) is 24.3 Å². The Balaban J connectivity index is 1.41. The van der Waals surface area contributed by atoms with Gasteiger partial charge >= 0.3 is 5.97 Å². The molecule has 0 bridgehead atoms. The van der Waals surface area contributed by atoms with E-state index < -0.39 is 16.8 Å². The number of fused-ring (bicyclic) bond motifs is 1. The van der Waals surface area contributed by atoms with E-state index in [1.165, 1.54) is 30.5 Å². The van der Waals surface area contributed by atoms with Crippen molar-refractivity contribution in [2.24, 2.45) is 5.10 Å². The molecule has 0 atom stereocenters. The van der Waals surface area contributed by atoms with Crippen LogP contribution in [0.4, 0.5) is 5.69 Å². The number of amides is 1. The summed E-state index contributed by atoms with van der Waals surface area (Å²) in [6.07, 6.45) is 1.35. The van der Waals surface area contributed by atoms with E-state index in [1.807, 2.05) is 43.3 Å². The largest absolute Gasteiger partial charge is 0.422 e. The molecule has 41 heavy (non-hydrogen) atoms. The molecule has 5 rings (SSSR count). The molecule has 0 aliphatic carbocycles. The topological polar surface area (TPSA) is 127 Å². The number of nitrogens with one attached hydrogen (secondary N) is 2. The summed E-state index contributed by atoms with van der Waals surface area (Å²) in [7, 11) is 0. The monoisotopic (exact) mass is 630 g/mol. The van der Waals surface area contributed by atoms with Gasteiger partial charge in [0.25, 0.3) is 11.6 Å². The van der Waals surface area contributed by atoms with Crippen LogP contribution in [0.2, 0.25) is 5.02 Å². The molecule has 4 aromatic carbocycles. The summed E-state index contributed by atoms with van der Waals surface area (Å²) in [5.41, 5.74) is 6.35. The van der Waals surface area contributed by atoms with Crippen LogP contribution < -0.4 is 10.2 Å². The molecule has 1 heterocycles. The van der Waals surface area contributed by atoms with Crippen molar-refractivity contribution in [2.75, 3.05) is 0 Å². The third kappa shape index (κ3) is 5.88. The van der Waals surface area contributed by atoms with Crippen LogP contribution >= 0.6 is 27.5 Å². The van der Waals surface area contributed by atoms with E-state index in [0.29, 0.717) is 31.9 Å². The molecular formula is C30H20BrClN4O5. The van der Waals surface area contributed by atoms with Crippen LogP contribution in [0, 0.1) is 17.0 Å². The average molecular weight is 632 g/mol. The molecule has 204 valence electrons. The molecule has 1 aromatic heterocycles. The number of aromatic amines is 1. The second-order valence-electron chi connectivity index (χ2n) is 8.93. The summed E-state index contributed by atoms with van der Waals surface area (Å²) in [6, 6.07) is 23.0. The first-order valence-corrected chi connectivity index (χ1v) is 13.4. The second kappa shape index (κ2) is 11.7. The van der Waals surface area contributed by atoms with Crippen LogP contribution in [0.15, 0.2) is 94.5 Å². The number of aromatic nitrogens is 1. The number of non-ortho nitro benzene ring substituents is 1. The number of benzene rings is 4.